The Morgan fingerprint density at radius 3 is 2.25 bits per heavy atom. The van der Waals surface area contributed by atoms with Crippen LogP contribution in [0.5, 0.6) is 0 Å². The van der Waals surface area contributed by atoms with Gasteiger partial charge in [-0.2, -0.15) is 0 Å². The summed E-state index contributed by atoms with van der Waals surface area (Å²) in [5.41, 5.74) is 0.136. The molecule has 1 heterocycles. The Bertz CT molecular complexity index is 404. The fourth-order valence-corrected chi connectivity index (χ4v) is 1.34. The molecule has 1 aliphatic rings. The third-order valence-corrected chi connectivity index (χ3v) is 2.08. The Balaban J connectivity index is 0.00000128. The lowest BCUT2D eigenvalue weighted by molar-refractivity contribution is 0.177. The van der Waals surface area contributed by atoms with Gasteiger partial charge in [-0.3, -0.25) is 0 Å². The highest BCUT2D eigenvalue weighted by Crippen LogP contribution is 2.22. The number of hydrogen-bond acceptors (Lipinski definition) is 2. The number of cyclic esters (lactones) is 1. The zero-order valence-electron chi connectivity index (χ0n) is 7.80. The lowest BCUT2D eigenvalue weighted by Gasteiger charge is -2.08. The summed E-state index contributed by atoms with van der Waals surface area (Å²) in [5, 5.41) is 2.33. The number of halogens is 4. The highest BCUT2D eigenvalue weighted by atomic mass is 35.5. The average molecular weight is 254 g/mol. The van der Waals surface area contributed by atoms with Crippen molar-refractivity contribution in [2.24, 2.45) is 0 Å². The topological polar surface area (TPSA) is 38.3 Å². The largest absolute Gasteiger partial charge is 0.447 e. The molecule has 1 saturated heterocycles. The summed E-state index contributed by atoms with van der Waals surface area (Å²) in [6.45, 7) is -0.0245. The van der Waals surface area contributed by atoms with Crippen LogP contribution >= 0.6 is 12.4 Å². The molecule has 0 saturated carbocycles. The minimum Gasteiger partial charge on any atom is -0.447 e. The van der Waals surface area contributed by atoms with Crippen LogP contribution in [0, 0.1) is 17.5 Å². The first-order chi connectivity index (χ1) is 7.08. The molecule has 0 aromatic heterocycles. The molecule has 3 nitrogen and oxygen atoms in total. The van der Waals surface area contributed by atoms with E-state index in [-0.39, 0.29) is 24.6 Å². The summed E-state index contributed by atoms with van der Waals surface area (Å²) in [7, 11) is 0. The number of ether oxygens (including phenoxy) is 1. The number of rotatable bonds is 1. The van der Waals surface area contributed by atoms with E-state index in [4.69, 9.17) is 0 Å². The highest BCUT2D eigenvalue weighted by molar-refractivity contribution is 5.85. The van der Waals surface area contributed by atoms with Gasteiger partial charge in [0.2, 0.25) is 0 Å². The molecule has 1 aliphatic heterocycles. The lowest BCUT2D eigenvalue weighted by Crippen LogP contribution is -2.18. The van der Waals surface area contributed by atoms with Crippen LogP contribution in [-0.4, -0.2) is 12.7 Å². The number of hydrogen-bond donors (Lipinski definition) is 1. The summed E-state index contributed by atoms with van der Waals surface area (Å²) in [5.74, 6) is -4.10. The maximum Gasteiger partial charge on any atom is 0.407 e. The molecule has 1 aromatic rings. The fraction of sp³-hybridized carbons (Fsp3) is 0.222. The molecule has 1 amide bonds. The van der Waals surface area contributed by atoms with Crippen molar-refractivity contribution in [2.75, 3.05) is 6.61 Å². The van der Waals surface area contributed by atoms with E-state index in [0.29, 0.717) is 0 Å². The van der Waals surface area contributed by atoms with E-state index in [0.717, 1.165) is 12.1 Å². The van der Waals surface area contributed by atoms with Crippen molar-refractivity contribution in [3.63, 3.8) is 0 Å². The van der Waals surface area contributed by atoms with Gasteiger partial charge in [0.15, 0.2) is 17.5 Å². The Labute approximate surface area is 95.0 Å². The molecule has 1 N–H and O–H groups in total. The van der Waals surface area contributed by atoms with Gasteiger partial charge in [-0.05, 0) is 17.7 Å². The molecular weight excluding hydrogens is 247 g/mol. The molecule has 2 rings (SSSR count). The van der Waals surface area contributed by atoms with Crippen LogP contribution in [0.25, 0.3) is 0 Å². The van der Waals surface area contributed by atoms with Crippen LogP contribution in [-0.2, 0) is 4.74 Å². The van der Waals surface area contributed by atoms with Crippen LogP contribution in [0.15, 0.2) is 12.1 Å². The Morgan fingerprint density at radius 1 is 1.25 bits per heavy atom. The molecule has 1 atom stereocenters. The van der Waals surface area contributed by atoms with E-state index in [1.54, 1.807) is 0 Å². The number of benzene rings is 1. The smallest absolute Gasteiger partial charge is 0.407 e. The molecule has 0 spiro atoms. The number of nitrogens with one attached hydrogen (secondary N) is 1. The van der Waals surface area contributed by atoms with Crippen molar-refractivity contribution in [3.05, 3.63) is 35.1 Å². The van der Waals surface area contributed by atoms with Gasteiger partial charge in [0.25, 0.3) is 0 Å². The Morgan fingerprint density at radius 2 is 1.81 bits per heavy atom. The maximum atomic E-state index is 12.8. The predicted octanol–water partition coefficient (Wildman–Crippen LogP) is 2.31. The number of alkyl carbamates (subject to hydrolysis) is 1. The molecule has 1 fully saturated rings. The van der Waals surface area contributed by atoms with Crippen molar-refractivity contribution < 1.29 is 22.7 Å². The molecule has 88 valence electrons. The monoisotopic (exact) mass is 253 g/mol. The van der Waals surface area contributed by atoms with Crippen LogP contribution in [0.4, 0.5) is 18.0 Å². The average Bonchev–Trinajstić information content (AvgIpc) is 2.60. The van der Waals surface area contributed by atoms with Crippen molar-refractivity contribution >= 4 is 18.5 Å². The molecular formula is C9H7ClF3NO2. The minimum absolute atomic E-state index is 0. The van der Waals surface area contributed by atoms with Crippen molar-refractivity contribution in [1.29, 1.82) is 0 Å². The normalized spacial score (nSPS) is 18.7. The summed E-state index contributed by atoms with van der Waals surface area (Å²) >= 11 is 0. The number of carbonyl (C=O) groups excluding carboxylic acids is 1. The summed E-state index contributed by atoms with van der Waals surface area (Å²) in [6, 6.07) is 1.03. The van der Waals surface area contributed by atoms with Crippen molar-refractivity contribution in [2.45, 2.75) is 6.04 Å². The molecule has 0 bridgehead atoms. The maximum absolute atomic E-state index is 12.8. The Kier molecular flexibility index (Phi) is 3.64. The Hall–Kier alpha value is -1.43. The second kappa shape index (κ2) is 4.61. The molecule has 0 unspecified atom stereocenters. The third kappa shape index (κ3) is 2.21. The predicted molar refractivity (Wildman–Crippen MR) is 50.8 cm³/mol. The lowest BCUT2D eigenvalue weighted by atomic mass is 10.1. The molecule has 16 heavy (non-hydrogen) atoms. The molecule has 7 heteroatoms. The van der Waals surface area contributed by atoms with Crippen LogP contribution in [0.2, 0.25) is 0 Å². The van der Waals surface area contributed by atoms with Gasteiger partial charge < -0.3 is 10.1 Å². The standard InChI is InChI=1S/C9H6F3NO2.ClH/c10-5-1-4(2-6(11)8(5)12)7-3-15-9(14)13-7;/h1-2,7H,3H2,(H,13,14);1H/t7-;/m0./s1. The second-order valence-corrected chi connectivity index (χ2v) is 3.09. The molecule has 0 aliphatic carbocycles. The SMILES string of the molecule is Cl.O=C1N[C@H](c2cc(F)c(F)c(F)c2)CO1. The van der Waals surface area contributed by atoms with E-state index in [9.17, 15) is 18.0 Å². The first kappa shape index (κ1) is 12.6. The zero-order valence-corrected chi connectivity index (χ0v) is 8.61. The third-order valence-electron chi connectivity index (χ3n) is 2.08. The first-order valence-corrected chi connectivity index (χ1v) is 4.15. The van der Waals surface area contributed by atoms with Crippen molar-refractivity contribution in [1.82, 2.24) is 5.32 Å². The van der Waals surface area contributed by atoms with E-state index in [1.807, 2.05) is 0 Å². The quantitative estimate of drug-likeness (QED) is 0.780. The van der Waals surface area contributed by atoms with Gasteiger partial charge in [-0.25, -0.2) is 18.0 Å². The summed E-state index contributed by atoms with van der Waals surface area (Å²) < 4.78 is 42.8. The molecule has 1 aromatic carbocycles. The number of carbonyl (C=O) groups is 1. The van der Waals surface area contributed by atoms with E-state index < -0.39 is 29.6 Å². The van der Waals surface area contributed by atoms with Gasteiger partial charge in [-0.1, -0.05) is 0 Å². The van der Waals surface area contributed by atoms with Crippen LogP contribution in [0.3, 0.4) is 0 Å². The van der Waals surface area contributed by atoms with Gasteiger partial charge in [-0.15, -0.1) is 12.4 Å². The summed E-state index contributed by atoms with van der Waals surface area (Å²) in [4.78, 5) is 10.7. The van der Waals surface area contributed by atoms with Gasteiger partial charge >= 0.3 is 6.09 Å². The molecule has 0 radical (unpaired) electrons. The van der Waals surface area contributed by atoms with Crippen LogP contribution < -0.4 is 5.32 Å². The number of amides is 1. The van der Waals surface area contributed by atoms with Gasteiger partial charge in [0.05, 0.1) is 6.04 Å². The minimum atomic E-state index is -1.52. The van der Waals surface area contributed by atoms with Gasteiger partial charge in [0, 0.05) is 0 Å². The van der Waals surface area contributed by atoms with Crippen molar-refractivity contribution in [3.8, 4) is 0 Å². The van der Waals surface area contributed by atoms with E-state index >= 15 is 0 Å². The van der Waals surface area contributed by atoms with Crippen LogP contribution in [0.1, 0.15) is 11.6 Å². The first-order valence-electron chi connectivity index (χ1n) is 4.15. The summed E-state index contributed by atoms with van der Waals surface area (Å²) in [6.07, 6.45) is -0.662. The second-order valence-electron chi connectivity index (χ2n) is 3.09. The van der Waals surface area contributed by atoms with E-state index in [1.165, 1.54) is 0 Å². The highest BCUT2D eigenvalue weighted by Gasteiger charge is 2.25. The fourth-order valence-electron chi connectivity index (χ4n) is 1.34. The zero-order chi connectivity index (χ0) is 11.0. The van der Waals surface area contributed by atoms with E-state index in [2.05, 4.69) is 10.1 Å². The van der Waals surface area contributed by atoms with Gasteiger partial charge in [0.1, 0.15) is 6.61 Å².